The van der Waals surface area contributed by atoms with E-state index in [-0.39, 0.29) is 17.9 Å². The van der Waals surface area contributed by atoms with Gasteiger partial charge in [-0.3, -0.25) is 14.5 Å². The number of carbonyl (C=O) groups is 2. The van der Waals surface area contributed by atoms with E-state index >= 15 is 0 Å². The van der Waals surface area contributed by atoms with E-state index in [1.807, 2.05) is 30.0 Å². The smallest absolute Gasteiger partial charge is 0.237 e. The highest BCUT2D eigenvalue weighted by atomic mass is 16.2. The van der Waals surface area contributed by atoms with E-state index in [9.17, 15) is 9.59 Å². The van der Waals surface area contributed by atoms with E-state index in [1.165, 1.54) is 5.56 Å². The van der Waals surface area contributed by atoms with Crippen LogP contribution < -0.4 is 5.32 Å². The molecule has 0 spiro atoms. The zero-order valence-corrected chi connectivity index (χ0v) is 15.0. The largest absolute Gasteiger partial charge is 0.354 e. The lowest BCUT2D eigenvalue weighted by molar-refractivity contribution is -0.132. The Bertz CT molecular complexity index is 539. The van der Waals surface area contributed by atoms with Crippen molar-refractivity contribution >= 4 is 11.8 Å². The number of nitrogens with zero attached hydrogens (tertiary/aromatic N) is 2. The number of piperazine rings is 1. The van der Waals surface area contributed by atoms with E-state index in [0.717, 1.165) is 19.5 Å². The van der Waals surface area contributed by atoms with Gasteiger partial charge in [0, 0.05) is 45.6 Å². The molecule has 132 valence electrons. The topological polar surface area (TPSA) is 52.7 Å². The van der Waals surface area contributed by atoms with Gasteiger partial charge < -0.3 is 10.2 Å². The summed E-state index contributed by atoms with van der Waals surface area (Å²) in [6.07, 6.45) is 0.996. The molecule has 1 saturated heterocycles. The molecule has 0 aliphatic carbocycles. The summed E-state index contributed by atoms with van der Waals surface area (Å²) in [5, 5.41) is 3.10. The molecule has 0 aromatic heterocycles. The van der Waals surface area contributed by atoms with Gasteiger partial charge in [-0.05, 0) is 18.9 Å². The maximum atomic E-state index is 12.5. The Kier molecular flexibility index (Phi) is 6.79. The van der Waals surface area contributed by atoms with Crippen LogP contribution in [0.15, 0.2) is 30.3 Å². The van der Waals surface area contributed by atoms with Crippen LogP contribution in [0.2, 0.25) is 0 Å². The van der Waals surface area contributed by atoms with Crippen molar-refractivity contribution in [3.05, 3.63) is 35.9 Å². The van der Waals surface area contributed by atoms with Crippen molar-refractivity contribution in [1.82, 2.24) is 15.1 Å². The molecule has 0 bridgehead atoms. The lowest BCUT2D eigenvalue weighted by Gasteiger charge is -2.37. The summed E-state index contributed by atoms with van der Waals surface area (Å²) in [4.78, 5) is 27.8. The van der Waals surface area contributed by atoms with Crippen LogP contribution in [-0.4, -0.2) is 60.4 Å². The summed E-state index contributed by atoms with van der Waals surface area (Å²) in [6, 6.07) is 10.2. The molecule has 1 N–H and O–H groups in total. The van der Waals surface area contributed by atoms with Crippen molar-refractivity contribution in [2.45, 2.75) is 39.2 Å². The third-order valence-corrected chi connectivity index (χ3v) is 4.97. The summed E-state index contributed by atoms with van der Waals surface area (Å²) in [7, 11) is 0. The van der Waals surface area contributed by atoms with Crippen molar-refractivity contribution in [3.63, 3.8) is 0 Å². The minimum absolute atomic E-state index is 0.0701. The maximum Gasteiger partial charge on any atom is 0.237 e. The molecule has 1 heterocycles. The Labute approximate surface area is 145 Å². The lowest BCUT2D eigenvalue weighted by Crippen LogP contribution is -2.54. The van der Waals surface area contributed by atoms with Gasteiger partial charge in [0.2, 0.25) is 11.8 Å². The normalized spacial score (nSPS) is 18.0. The van der Waals surface area contributed by atoms with Crippen LogP contribution in [-0.2, 0) is 9.59 Å². The van der Waals surface area contributed by atoms with Crippen molar-refractivity contribution in [1.29, 1.82) is 0 Å². The number of nitrogens with one attached hydrogen (secondary N) is 1. The van der Waals surface area contributed by atoms with Crippen LogP contribution in [0.3, 0.4) is 0 Å². The number of hydrogen-bond acceptors (Lipinski definition) is 3. The Hall–Kier alpha value is -1.88. The van der Waals surface area contributed by atoms with Crippen LogP contribution >= 0.6 is 0 Å². The first kappa shape index (κ1) is 18.5. The highest BCUT2D eigenvalue weighted by molar-refractivity contribution is 5.81. The average molecular weight is 331 g/mol. The quantitative estimate of drug-likeness (QED) is 0.865. The average Bonchev–Trinajstić information content (AvgIpc) is 2.62. The summed E-state index contributed by atoms with van der Waals surface area (Å²) in [5.41, 5.74) is 1.27. The molecular weight excluding hydrogens is 302 g/mol. The molecule has 1 aliphatic rings. The number of rotatable bonds is 6. The van der Waals surface area contributed by atoms with Crippen molar-refractivity contribution in [2.24, 2.45) is 0 Å². The van der Waals surface area contributed by atoms with Crippen LogP contribution in [0.25, 0.3) is 0 Å². The van der Waals surface area contributed by atoms with Gasteiger partial charge in [0.25, 0.3) is 0 Å². The van der Waals surface area contributed by atoms with Crippen LogP contribution in [0.5, 0.6) is 0 Å². The van der Waals surface area contributed by atoms with Crippen LogP contribution in [0.1, 0.15) is 38.7 Å². The second-order valence-electron chi connectivity index (χ2n) is 6.48. The zero-order chi connectivity index (χ0) is 17.5. The van der Waals surface area contributed by atoms with Gasteiger partial charge in [-0.25, -0.2) is 0 Å². The van der Waals surface area contributed by atoms with Gasteiger partial charge in [-0.15, -0.1) is 0 Å². The number of carbonyl (C=O) groups excluding carboxylic acids is 2. The number of benzene rings is 1. The van der Waals surface area contributed by atoms with E-state index in [2.05, 4.69) is 29.3 Å². The molecule has 5 nitrogen and oxygen atoms in total. The summed E-state index contributed by atoms with van der Waals surface area (Å²) in [6.45, 7) is 9.27. The van der Waals surface area contributed by atoms with E-state index in [0.29, 0.717) is 25.6 Å². The molecule has 0 unspecified atom stereocenters. The Morgan fingerprint density at radius 1 is 1.12 bits per heavy atom. The molecule has 2 amide bonds. The molecule has 1 aliphatic heterocycles. The summed E-state index contributed by atoms with van der Waals surface area (Å²) < 4.78 is 0. The fourth-order valence-corrected chi connectivity index (χ4v) is 3.18. The van der Waals surface area contributed by atoms with Crippen LogP contribution in [0, 0.1) is 0 Å². The minimum Gasteiger partial charge on any atom is -0.354 e. The van der Waals surface area contributed by atoms with Gasteiger partial charge in [-0.1, -0.05) is 37.3 Å². The van der Waals surface area contributed by atoms with Gasteiger partial charge in [0.15, 0.2) is 0 Å². The highest BCUT2D eigenvalue weighted by Gasteiger charge is 2.26. The fraction of sp³-hybridized carbons (Fsp3) is 0.579. The van der Waals surface area contributed by atoms with Gasteiger partial charge in [0.1, 0.15) is 0 Å². The van der Waals surface area contributed by atoms with Gasteiger partial charge >= 0.3 is 0 Å². The van der Waals surface area contributed by atoms with Gasteiger partial charge in [0.05, 0.1) is 6.04 Å². The first-order valence-corrected chi connectivity index (χ1v) is 8.85. The Balaban J connectivity index is 1.82. The predicted octanol–water partition coefficient (Wildman–Crippen LogP) is 1.85. The molecule has 2 atom stereocenters. The molecule has 2 rings (SSSR count). The SMILES string of the molecule is CC[C@H](CNC(=O)[C@H](C)N1CCN(C(C)=O)CC1)c1ccccc1. The van der Waals surface area contributed by atoms with E-state index < -0.39 is 0 Å². The Morgan fingerprint density at radius 3 is 2.29 bits per heavy atom. The predicted molar refractivity (Wildman–Crippen MR) is 95.8 cm³/mol. The van der Waals surface area contributed by atoms with Crippen molar-refractivity contribution < 1.29 is 9.59 Å². The number of amides is 2. The number of hydrogen-bond donors (Lipinski definition) is 1. The molecule has 24 heavy (non-hydrogen) atoms. The zero-order valence-electron chi connectivity index (χ0n) is 15.0. The minimum atomic E-state index is -0.160. The first-order chi connectivity index (χ1) is 11.5. The third kappa shape index (κ3) is 4.81. The molecule has 1 fully saturated rings. The van der Waals surface area contributed by atoms with E-state index in [4.69, 9.17) is 0 Å². The second-order valence-corrected chi connectivity index (χ2v) is 6.48. The fourth-order valence-electron chi connectivity index (χ4n) is 3.18. The molecule has 0 saturated carbocycles. The monoisotopic (exact) mass is 331 g/mol. The maximum absolute atomic E-state index is 12.5. The summed E-state index contributed by atoms with van der Waals surface area (Å²) in [5.74, 6) is 0.526. The Morgan fingerprint density at radius 2 is 1.75 bits per heavy atom. The molecule has 5 heteroatoms. The second kappa shape index (κ2) is 8.83. The summed E-state index contributed by atoms with van der Waals surface area (Å²) >= 11 is 0. The highest BCUT2D eigenvalue weighted by Crippen LogP contribution is 2.18. The molecule has 1 aromatic rings. The molecule has 1 aromatic carbocycles. The molecular formula is C19H29N3O2. The van der Waals surface area contributed by atoms with Crippen molar-refractivity contribution in [3.8, 4) is 0 Å². The standard InChI is InChI=1S/C19H29N3O2/c1-4-17(18-8-6-5-7-9-18)14-20-19(24)15(2)21-10-12-22(13-11-21)16(3)23/h5-9,15,17H,4,10-14H2,1-3H3,(H,20,24)/t15-,17+/m0/s1. The third-order valence-electron chi connectivity index (χ3n) is 4.97. The van der Waals surface area contributed by atoms with E-state index in [1.54, 1.807) is 6.92 Å². The lowest BCUT2D eigenvalue weighted by atomic mass is 9.96. The first-order valence-electron chi connectivity index (χ1n) is 8.85. The van der Waals surface area contributed by atoms with Crippen molar-refractivity contribution in [2.75, 3.05) is 32.7 Å². The molecule has 0 radical (unpaired) electrons. The van der Waals surface area contributed by atoms with Crippen LogP contribution in [0.4, 0.5) is 0 Å². The van der Waals surface area contributed by atoms with Gasteiger partial charge in [-0.2, -0.15) is 0 Å².